The van der Waals surface area contributed by atoms with Gasteiger partial charge in [-0.2, -0.15) is 0 Å². The summed E-state index contributed by atoms with van der Waals surface area (Å²) in [4.78, 5) is 27.2. The Morgan fingerprint density at radius 2 is 1.76 bits per heavy atom. The van der Waals surface area contributed by atoms with Gasteiger partial charge in [0.15, 0.2) is 16.4 Å². The van der Waals surface area contributed by atoms with E-state index in [0.717, 1.165) is 11.0 Å². The number of benzene rings is 2. The van der Waals surface area contributed by atoms with Crippen LogP contribution in [0.15, 0.2) is 53.9 Å². The molecule has 33 heavy (non-hydrogen) atoms. The fraction of sp³-hybridized carbons (Fsp3) is 0.360. The van der Waals surface area contributed by atoms with Crippen molar-refractivity contribution in [3.63, 3.8) is 0 Å². The summed E-state index contributed by atoms with van der Waals surface area (Å²) in [5.74, 6) is -1.66. The first kappa shape index (κ1) is 24.5. The van der Waals surface area contributed by atoms with E-state index in [1.807, 2.05) is 33.8 Å². The summed E-state index contributed by atoms with van der Waals surface area (Å²) in [5, 5.41) is 11.7. The second-order valence-corrected chi connectivity index (χ2v) is 10.6. The molecule has 1 atom stereocenters. The number of amides is 1. The first-order valence-electron chi connectivity index (χ1n) is 10.8. The monoisotopic (exact) mass is 471 g/mol. The van der Waals surface area contributed by atoms with Gasteiger partial charge in [0.1, 0.15) is 11.3 Å². The van der Waals surface area contributed by atoms with Crippen LogP contribution in [0.2, 0.25) is 0 Å². The van der Waals surface area contributed by atoms with Crippen molar-refractivity contribution in [2.24, 2.45) is 0 Å². The summed E-state index contributed by atoms with van der Waals surface area (Å²) < 4.78 is 29.1. The lowest BCUT2D eigenvalue weighted by atomic mass is 9.92. The smallest absolute Gasteiger partial charge is 0.342 e. The van der Waals surface area contributed by atoms with Crippen LogP contribution in [0.25, 0.3) is 0 Å². The third-order valence-corrected chi connectivity index (χ3v) is 6.92. The number of carbonyl (C=O) groups is 2. The summed E-state index contributed by atoms with van der Waals surface area (Å²) in [6.45, 7) is 7.20. The number of sulfone groups is 1. The Hall–Kier alpha value is -3.13. The van der Waals surface area contributed by atoms with Gasteiger partial charge in [-0.1, -0.05) is 52.0 Å². The lowest BCUT2D eigenvalue weighted by molar-refractivity contribution is -0.121. The van der Waals surface area contributed by atoms with Gasteiger partial charge in [0.25, 0.3) is 5.91 Å². The number of hydrogen-bond donors (Lipinski definition) is 1. The molecule has 0 aliphatic carbocycles. The molecule has 2 aromatic rings. The van der Waals surface area contributed by atoms with E-state index in [9.17, 15) is 23.1 Å². The van der Waals surface area contributed by atoms with Crippen molar-refractivity contribution in [1.82, 2.24) is 0 Å². The van der Waals surface area contributed by atoms with Crippen molar-refractivity contribution in [3.8, 4) is 5.75 Å². The highest BCUT2D eigenvalue weighted by Crippen LogP contribution is 2.33. The normalized spacial score (nSPS) is 16.8. The maximum atomic E-state index is 13.1. The molecule has 0 saturated heterocycles. The van der Waals surface area contributed by atoms with Crippen molar-refractivity contribution in [3.05, 3.63) is 70.6 Å². The summed E-state index contributed by atoms with van der Waals surface area (Å²) in [7, 11) is -3.40. The van der Waals surface area contributed by atoms with E-state index in [2.05, 4.69) is 0 Å². The van der Waals surface area contributed by atoms with Gasteiger partial charge in [-0.05, 0) is 47.2 Å². The minimum absolute atomic E-state index is 0.00676. The number of aromatic hydroxyl groups is 1. The van der Waals surface area contributed by atoms with Gasteiger partial charge in [-0.25, -0.2) is 13.2 Å². The number of phenolic OH excluding ortho intramolecular Hbond substituents is 1. The van der Waals surface area contributed by atoms with Gasteiger partial charge in [-0.15, -0.1) is 0 Å². The molecule has 1 N–H and O–H groups in total. The van der Waals surface area contributed by atoms with E-state index >= 15 is 0 Å². The molecule has 3 rings (SSSR count). The van der Waals surface area contributed by atoms with Crippen LogP contribution in [0.4, 0.5) is 5.69 Å². The molecular weight excluding hydrogens is 442 g/mol. The Balaban J connectivity index is 1.84. The van der Waals surface area contributed by atoms with E-state index in [-0.39, 0.29) is 28.9 Å². The lowest BCUT2D eigenvalue weighted by Gasteiger charge is -2.27. The molecule has 0 spiro atoms. The van der Waals surface area contributed by atoms with Crippen molar-refractivity contribution >= 4 is 27.4 Å². The Labute approximate surface area is 194 Å². The molecule has 1 amide bonds. The maximum absolute atomic E-state index is 13.1. The molecule has 0 aromatic heterocycles. The lowest BCUT2D eigenvalue weighted by Crippen LogP contribution is -2.43. The topological polar surface area (TPSA) is 101 Å². The number of nitrogens with zero attached hydrogens (tertiary/aromatic N) is 1. The number of rotatable bonds is 7. The minimum Gasteiger partial charge on any atom is -0.507 e. The predicted octanol–water partition coefficient (Wildman–Crippen LogP) is 4.14. The molecule has 0 fully saturated rings. The maximum Gasteiger partial charge on any atom is 0.342 e. The largest absolute Gasteiger partial charge is 0.507 e. The number of ether oxygens (including phenoxy) is 1. The fourth-order valence-corrected chi connectivity index (χ4v) is 4.98. The van der Waals surface area contributed by atoms with E-state index < -0.39 is 34.4 Å². The van der Waals surface area contributed by atoms with Gasteiger partial charge in [0.05, 0.1) is 11.8 Å². The highest BCUT2D eigenvalue weighted by atomic mass is 32.2. The number of anilines is 1. The van der Waals surface area contributed by atoms with Crippen LogP contribution < -0.4 is 4.90 Å². The highest BCUT2D eigenvalue weighted by molar-refractivity contribution is 7.94. The zero-order valence-electron chi connectivity index (χ0n) is 19.2. The van der Waals surface area contributed by atoms with Gasteiger partial charge >= 0.3 is 5.97 Å². The molecule has 0 radical (unpaired) electrons. The molecule has 1 aliphatic heterocycles. The predicted molar refractivity (Wildman–Crippen MR) is 127 cm³/mol. The van der Waals surface area contributed by atoms with Crippen LogP contribution >= 0.6 is 0 Å². The van der Waals surface area contributed by atoms with Gasteiger partial charge < -0.3 is 14.7 Å². The zero-order valence-corrected chi connectivity index (χ0v) is 20.0. The molecule has 0 saturated carbocycles. The summed E-state index contributed by atoms with van der Waals surface area (Å²) >= 11 is 0. The molecule has 0 bridgehead atoms. The second-order valence-electron chi connectivity index (χ2n) is 8.72. The number of phenols is 1. The highest BCUT2D eigenvalue weighted by Gasteiger charge is 2.32. The average Bonchev–Trinajstić information content (AvgIpc) is 3.11. The molecule has 7 nitrogen and oxygen atoms in total. The van der Waals surface area contributed by atoms with Gasteiger partial charge in [0.2, 0.25) is 0 Å². The molecule has 176 valence electrons. The Kier molecular flexibility index (Phi) is 7.27. The van der Waals surface area contributed by atoms with E-state index in [1.165, 1.54) is 11.0 Å². The standard InChI is InChI=1S/C25H29NO6S/c1-16(2)18-12-21(17(3)4)24(28)22(13-18)25(29)32-14-23(27)26(19-8-6-5-7-9-19)20-10-11-33(30,31)15-20/h5-13,16-17,20,28H,14-15H2,1-4H3/t20-/m0/s1. The zero-order chi connectivity index (χ0) is 24.3. The summed E-state index contributed by atoms with van der Waals surface area (Å²) in [6.07, 6.45) is 1.45. The fourth-order valence-electron chi connectivity index (χ4n) is 3.71. The first-order chi connectivity index (χ1) is 15.5. The van der Waals surface area contributed by atoms with E-state index in [0.29, 0.717) is 11.3 Å². The van der Waals surface area contributed by atoms with E-state index in [4.69, 9.17) is 4.74 Å². The third-order valence-electron chi connectivity index (χ3n) is 5.54. The molecule has 2 aromatic carbocycles. The Morgan fingerprint density at radius 1 is 1.09 bits per heavy atom. The summed E-state index contributed by atoms with van der Waals surface area (Å²) in [5.41, 5.74) is 2.01. The van der Waals surface area contributed by atoms with Crippen LogP contribution in [-0.4, -0.2) is 43.8 Å². The second kappa shape index (κ2) is 9.79. The van der Waals surface area contributed by atoms with Crippen molar-refractivity contribution in [1.29, 1.82) is 0 Å². The van der Waals surface area contributed by atoms with Crippen molar-refractivity contribution in [2.75, 3.05) is 17.3 Å². The number of hydrogen-bond acceptors (Lipinski definition) is 6. The Morgan fingerprint density at radius 3 is 2.30 bits per heavy atom. The SMILES string of the molecule is CC(C)c1cc(C(=O)OCC(=O)N(c2ccccc2)[C@H]2C=CS(=O)(=O)C2)c(O)c(C(C)C)c1. The molecular formula is C25H29NO6S. The van der Waals surface area contributed by atoms with Crippen LogP contribution in [0.5, 0.6) is 5.75 Å². The van der Waals surface area contributed by atoms with Crippen LogP contribution in [0.1, 0.15) is 61.0 Å². The molecule has 8 heteroatoms. The van der Waals surface area contributed by atoms with Crippen LogP contribution in [0, 0.1) is 0 Å². The van der Waals surface area contributed by atoms with Crippen molar-refractivity contribution < 1.29 is 27.9 Å². The number of para-hydroxylation sites is 1. The number of esters is 1. The molecule has 1 aliphatic rings. The van der Waals surface area contributed by atoms with Gasteiger partial charge in [0, 0.05) is 11.1 Å². The summed E-state index contributed by atoms with van der Waals surface area (Å²) in [6, 6.07) is 11.4. The molecule has 1 heterocycles. The van der Waals surface area contributed by atoms with E-state index in [1.54, 1.807) is 36.4 Å². The van der Waals surface area contributed by atoms with Crippen LogP contribution in [-0.2, 0) is 19.4 Å². The van der Waals surface area contributed by atoms with Gasteiger partial charge in [-0.3, -0.25) is 4.79 Å². The average molecular weight is 472 g/mol. The quantitative estimate of drug-likeness (QED) is 0.609. The first-order valence-corrected chi connectivity index (χ1v) is 12.5. The van der Waals surface area contributed by atoms with Crippen molar-refractivity contribution in [2.45, 2.75) is 45.6 Å². The number of carbonyl (C=O) groups excluding carboxylic acids is 2. The molecule has 0 unspecified atom stereocenters. The van der Waals surface area contributed by atoms with Crippen LogP contribution in [0.3, 0.4) is 0 Å². The minimum atomic E-state index is -3.40. The third kappa shape index (κ3) is 5.63. The Bertz CT molecular complexity index is 1170.